The summed E-state index contributed by atoms with van der Waals surface area (Å²) in [6.45, 7) is 2.47. The summed E-state index contributed by atoms with van der Waals surface area (Å²) in [6, 6.07) is 3.69. The van der Waals surface area contributed by atoms with Crippen LogP contribution in [0.5, 0.6) is 5.75 Å². The molecule has 1 spiro atoms. The third-order valence-corrected chi connectivity index (χ3v) is 7.48. The average molecular weight is 436 g/mol. The van der Waals surface area contributed by atoms with Crippen LogP contribution in [0.1, 0.15) is 104 Å². The number of aryl methyl sites for hydroxylation is 1. The molecule has 2 aromatic rings. The average Bonchev–Trinajstić information content (AvgIpc) is 2.97. The summed E-state index contributed by atoms with van der Waals surface area (Å²) in [5.74, 6) is 0.844. The van der Waals surface area contributed by atoms with Crippen molar-refractivity contribution in [1.82, 2.24) is 5.32 Å². The van der Waals surface area contributed by atoms with E-state index < -0.39 is 0 Å². The van der Waals surface area contributed by atoms with Crippen LogP contribution in [-0.2, 0) is 0 Å². The number of allylic oxidation sites excluding steroid dienone is 1. The Morgan fingerprint density at radius 3 is 2.66 bits per heavy atom. The van der Waals surface area contributed by atoms with Gasteiger partial charge in [0.15, 0.2) is 11.5 Å². The van der Waals surface area contributed by atoms with Crippen LogP contribution in [0.4, 0.5) is 0 Å². The predicted molar refractivity (Wildman–Crippen MR) is 124 cm³/mol. The van der Waals surface area contributed by atoms with Crippen molar-refractivity contribution in [2.75, 3.05) is 6.54 Å². The third kappa shape index (κ3) is 3.98. The molecule has 1 fully saturated rings. The molecule has 32 heavy (non-hydrogen) atoms. The Kier molecular flexibility index (Phi) is 5.83. The van der Waals surface area contributed by atoms with Gasteiger partial charge in [-0.15, -0.1) is 0 Å². The van der Waals surface area contributed by atoms with E-state index in [1.54, 1.807) is 0 Å². The molecule has 1 aliphatic heterocycles. The van der Waals surface area contributed by atoms with Gasteiger partial charge in [0.2, 0.25) is 0 Å². The molecule has 0 saturated heterocycles. The number of fused-ring (bicyclic) bond motifs is 3. The van der Waals surface area contributed by atoms with Crippen LogP contribution in [0.3, 0.4) is 0 Å². The summed E-state index contributed by atoms with van der Waals surface area (Å²) in [7, 11) is 0. The minimum Gasteiger partial charge on any atom is -0.486 e. The monoisotopic (exact) mass is 435 g/mol. The highest BCUT2D eigenvalue weighted by atomic mass is 16.5. The van der Waals surface area contributed by atoms with Crippen LogP contribution in [0.15, 0.2) is 28.2 Å². The normalized spacial score (nSPS) is 20.4. The van der Waals surface area contributed by atoms with Gasteiger partial charge in [-0.25, -0.2) is 0 Å². The first-order valence-corrected chi connectivity index (χ1v) is 12.3. The Morgan fingerprint density at radius 2 is 1.91 bits per heavy atom. The summed E-state index contributed by atoms with van der Waals surface area (Å²) < 4.78 is 12.4. The number of ketones is 1. The number of hydrogen-bond acceptors (Lipinski definition) is 4. The maximum absolute atomic E-state index is 13.3. The quantitative estimate of drug-likeness (QED) is 0.563. The third-order valence-electron chi connectivity index (χ3n) is 7.48. The van der Waals surface area contributed by atoms with Gasteiger partial charge in [0.05, 0.1) is 12.0 Å². The molecule has 3 aliphatic rings. The zero-order chi connectivity index (χ0) is 22.1. The number of benzene rings is 1. The number of hydrogen-bond donors (Lipinski definition) is 1. The fraction of sp³-hybridized carbons (Fsp3) is 0.556. The smallest absolute Gasteiger partial charge is 0.287 e. The Morgan fingerprint density at radius 1 is 1.09 bits per heavy atom. The number of amides is 1. The fourth-order valence-electron chi connectivity index (χ4n) is 5.75. The number of ether oxygens (including phenoxy) is 1. The van der Waals surface area contributed by atoms with Crippen molar-refractivity contribution in [2.24, 2.45) is 0 Å². The molecule has 1 aromatic heterocycles. The lowest BCUT2D eigenvalue weighted by atomic mass is 9.83. The van der Waals surface area contributed by atoms with Crippen molar-refractivity contribution in [1.29, 1.82) is 0 Å². The van der Waals surface area contributed by atoms with Gasteiger partial charge in [0.1, 0.15) is 16.9 Å². The number of Topliss-reactive ketones (excluding diaryl/α,β-unsaturated/α-hetero) is 1. The van der Waals surface area contributed by atoms with E-state index >= 15 is 0 Å². The molecule has 1 aromatic carbocycles. The minimum absolute atomic E-state index is 0.110. The van der Waals surface area contributed by atoms with Crippen LogP contribution < -0.4 is 10.1 Å². The molecule has 5 rings (SSSR count). The summed E-state index contributed by atoms with van der Waals surface area (Å²) in [5.41, 5.74) is 2.96. The van der Waals surface area contributed by atoms with Crippen LogP contribution in [0, 0.1) is 6.92 Å². The largest absolute Gasteiger partial charge is 0.486 e. The number of rotatable bonds is 4. The Balaban J connectivity index is 1.38. The molecule has 1 saturated carbocycles. The Hall–Kier alpha value is -2.56. The first-order valence-electron chi connectivity index (χ1n) is 12.3. The van der Waals surface area contributed by atoms with Crippen molar-refractivity contribution in [3.8, 4) is 5.75 Å². The topological polar surface area (TPSA) is 68.5 Å². The van der Waals surface area contributed by atoms with E-state index in [1.807, 2.05) is 19.1 Å². The van der Waals surface area contributed by atoms with Crippen LogP contribution in [0.25, 0.3) is 11.0 Å². The highest BCUT2D eigenvalue weighted by Gasteiger charge is 2.42. The minimum atomic E-state index is -0.361. The molecular weight excluding hydrogens is 402 g/mol. The SMILES string of the molecule is Cc1c(C(=O)NCCC2=CCCCC2)oc2ccc3c(c12)C(=O)CC1(CCCCCC1)O3. The fourth-order valence-corrected chi connectivity index (χ4v) is 5.75. The summed E-state index contributed by atoms with van der Waals surface area (Å²) in [4.78, 5) is 26.2. The summed E-state index contributed by atoms with van der Waals surface area (Å²) in [5, 5.41) is 3.74. The van der Waals surface area contributed by atoms with Gasteiger partial charge in [0.25, 0.3) is 5.91 Å². The molecule has 2 aliphatic carbocycles. The lowest BCUT2D eigenvalue weighted by Gasteiger charge is -2.37. The van der Waals surface area contributed by atoms with E-state index in [4.69, 9.17) is 9.15 Å². The molecule has 2 heterocycles. The molecule has 1 N–H and O–H groups in total. The molecule has 170 valence electrons. The molecular formula is C27H33NO4. The summed E-state index contributed by atoms with van der Waals surface area (Å²) in [6.07, 6.45) is 14.9. The summed E-state index contributed by atoms with van der Waals surface area (Å²) >= 11 is 0. The van der Waals surface area contributed by atoms with Gasteiger partial charge < -0.3 is 14.5 Å². The Bertz CT molecular complexity index is 1070. The van der Waals surface area contributed by atoms with Crippen LogP contribution >= 0.6 is 0 Å². The first kappa shape index (κ1) is 21.3. The number of carbonyl (C=O) groups excluding carboxylic acids is 2. The molecule has 0 bridgehead atoms. The number of carbonyl (C=O) groups is 2. The van der Waals surface area contributed by atoms with Crippen molar-refractivity contribution in [3.05, 3.63) is 40.7 Å². The van der Waals surface area contributed by atoms with E-state index in [9.17, 15) is 9.59 Å². The van der Waals surface area contributed by atoms with Crippen LogP contribution in [-0.4, -0.2) is 23.8 Å². The van der Waals surface area contributed by atoms with Gasteiger partial charge in [-0.3, -0.25) is 9.59 Å². The first-order chi connectivity index (χ1) is 15.6. The van der Waals surface area contributed by atoms with Gasteiger partial charge >= 0.3 is 0 Å². The second kappa shape index (κ2) is 8.76. The molecule has 0 atom stereocenters. The molecule has 0 radical (unpaired) electrons. The second-order valence-corrected chi connectivity index (χ2v) is 9.78. The van der Waals surface area contributed by atoms with E-state index in [2.05, 4.69) is 11.4 Å². The van der Waals surface area contributed by atoms with E-state index in [0.29, 0.717) is 35.6 Å². The second-order valence-electron chi connectivity index (χ2n) is 9.78. The predicted octanol–water partition coefficient (Wildman–Crippen LogP) is 6.42. The van der Waals surface area contributed by atoms with Crippen molar-refractivity contribution < 1.29 is 18.7 Å². The van der Waals surface area contributed by atoms with E-state index in [1.165, 1.54) is 31.3 Å². The lowest BCUT2D eigenvalue weighted by Crippen LogP contribution is -2.41. The van der Waals surface area contributed by atoms with Crippen LogP contribution in [0.2, 0.25) is 0 Å². The molecule has 1 amide bonds. The maximum Gasteiger partial charge on any atom is 0.287 e. The van der Waals surface area contributed by atoms with Gasteiger partial charge in [0, 0.05) is 17.5 Å². The van der Waals surface area contributed by atoms with Gasteiger partial charge in [-0.2, -0.15) is 0 Å². The molecule has 5 nitrogen and oxygen atoms in total. The zero-order valence-electron chi connectivity index (χ0n) is 19.1. The maximum atomic E-state index is 13.3. The van der Waals surface area contributed by atoms with Crippen molar-refractivity contribution in [3.63, 3.8) is 0 Å². The van der Waals surface area contributed by atoms with E-state index in [-0.39, 0.29) is 17.3 Å². The molecule has 0 unspecified atom stereocenters. The zero-order valence-corrected chi connectivity index (χ0v) is 19.1. The number of nitrogens with one attached hydrogen (secondary N) is 1. The van der Waals surface area contributed by atoms with E-state index in [0.717, 1.165) is 55.9 Å². The number of furan rings is 1. The highest BCUT2D eigenvalue weighted by molar-refractivity contribution is 6.13. The van der Waals surface area contributed by atoms with Gasteiger partial charge in [-0.05, 0) is 76.8 Å². The van der Waals surface area contributed by atoms with Crippen molar-refractivity contribution in [2.45, 2.75) is 89.6 Å². The highest BCUT2D eigenvalue weighted by Crippen LogP contribution is 2.44. The standard InChI is InChI=1S/C27H33NO4/c1-18-23-21(31-25(18)26(30)28-16-13-19-9-5-4-6-10-19)11-12-22-24(23)20(29)17-27(32-22)14-7-2-3-8-15-27/h9,11-12H,2-8,10,13-17H2,1H3,(H,28,30). The Labute approximate surface area is 189 Å². The molecule has 5 heteroatoms. The van der Waals surface area contributed by atoms with Gasteiger partial charge in [-0.1, -0.05) is 24.5 Å². The lowest BCUT2D eigenvalue weighted by molar-refractivity contribution is 0.0301. The van der Waals surface area contributed by atoms with Crippen molar-refractivity contribution >= 4 is 22.7 Å².